The maximum Gasteiger partial charge on any atom is 0.341 e. The largest absolute Gasteiger partial charge is 0.477 e. The number of aromatic amines is 1. The van der Waals surface area contributed by atoms with Crippen LogP contribution in [0.15, 0.2) is 17.1 Å². The fourth-order valence-corrected chi connectivity index (χ4v) is 0.726. The average molecular weight is 163 g/mol. The molecule has 0 unspecified atom stereocenters. The first-order valence-corrected chi connectivity index (χ1v) is 3.08. The van der Waals surface area contributed by atoms with Crippen molar-refractivity contribution in [3.05, 3.63) is 33.7 Å². The third kappa shape index (κ3) is 1.35. The number of aromatic nitrogens is 1. The molecule has 0 saturated carbocycles. The molecule has 1 aromatic rings. The second-order valence-corrected chi connectivity index (χ2v) is 2.08. The molecule has 0 aromatic carbocycles. The van der Waals surface area contributed by atoms with Gasteiger partial charge in [0.2, 0.25) is 0 Å². The number of terminal acetylenes is 1. The van der Waals surface area contributed by atoms with E-state index < -0.39 is 11.5 Å². The third-order valence-electron chi connectivity index (χ3n) is 1.30. The van der Waals surface area contributed by atoms with E-state index in [1.165, 1.54) is 6.20 Å². The Balaban J connectivity index is 3.39. The fourth-order valence-electron chi connectivity index (χ4n) is 0.726. The van der Waals surface area contributed by atoms with Crippen LogP contribution in [-0.2, 0) is 0 Å². The smallest absolute Gasteiger partial charge is 0.341 e. The van der Waals surface area contributed by atoms with Gasteiger partial charge < -0.3 is 10.1 Å². The monoisotopic (exact) mass is 163 g/mol. The fraction of sp³-hybridized carbons (Fsp3) is 0. The van der Waals surface area contributed by atoms with Gasteiger partial charge in [0.15, 0.2) is 0 Å². The van der Waals surface area contributed by atoms with Crippen molar-refractivity contribution in [2.75, 3.05) is 0 Å². The van der Waals surface area contributed by atoms with Crippen molar-refractivity contribution in [1.82, 2.24) is 4.98 Å². The Morgan fingerprint density at radius 1 is 1.67 bits per heavy atom. The van der Waals surface area contributed by atoms with Gasteiger partial charge in [-0.2, -0.15) is 0 Å². The Morgan fingerprint density at radius 2 is 2.33 bits per heavy atom. The van der Waals surface area contributed by atoms with Crippen LogP contribution in [0.25, 0.3) is 0 Å². The maximum atomic E-state index is 10.8. The standard InChI is InChI=1S/C8H5NO3/c1-2-5-3-6(8(11)12)7(10)9-4-5/h1,3-4H,(H,9,10)(H,11,12). The van der Waals surface area contributed by atoms with E-state index in [1.54, 1.807) is 0 Å². The topological polar surface area (TPSA) is 70.2 Å². The van der Waals surface area contributed by atoms with E-state index in [1.807, 2.05) is 0 Å². The molecule has 12 heavy (non-hydrogen) atoms. The van der Waals surface area contributed by atoms with Gasteiger partial charge in [0.25, 0.3) is 5.56 Å². The molecule has 0 saturated heterocycles. The zero-order chi connectivity index (χ0) is 9.14. The van der Waals surface area contributed by atoms with Crippen LogP contribution in [0, 0.1) is 12.3 Å². The Kier molecular flexibility index (Phi) is 1.97. The second kappa shape index (κ2) is 2.93. The zero-order valence-electron chi connectivity index (χ0n) is 6.00. The quantitative estimate of drug-likeness (QED) is 0.575. The minimum Gasteiger partial charge on any atom is -0.477 e. The number of carboxylic acids is 1. The predicted octanol–water partition coefficient (Wildman–Crippen LogP) is 0.0544. The Morgan fingerprint density at radius 3 is 2.83 bits per heavy atom. The van der Waals surface area contributed by atoms with Gasteiger partial charge in [-0.05, 0) is 6.07 Å². The summed E-state index contributed by atoms with van der Waals surface area (Å²) in [4.78, 5) is 23.4. The molecule has 0 atom stereocenters. The van der Waals surface area contributed by atoms with Crippen LogP contribution < -0.4 is 5.56 Å². The molecule has 60 valence electrons. The summed E-state index contributed by atoms with van der Waals surface area (Å²) in [5.74, 6) is 0.932. The van der Waals surface area contributed by atoms with Gasteiger partial charge in [-0.1, -0.05) is 5.92 Å². The predicted molar refractivity (Wildman–Crippen MR) is 42.0 cm³/mol. The summed E-state index contributed by atoms with van der Waals surface area (Å²) >= 11 is 0. The van der Waals surface area contributed by atoms with Gasteiger partial charge in [0.05, 0.1) is 0 Å². The Labute approximate surface area is 67.9 Å². The molecule has 1 heterocycles. The molecule has 0 aliphatic rings. The lowest BCUT2D eigenvalue weighted by Crippen LogP contribution is -2.16. The Bertz CT molecular complexity index is 411. The normalized spacial score (nSPS) is 8.92. The highest BCUT2D eigenvalue weighted by Crippen LogP contribution is 1.95. The number of nitrogens with one attached hydrogen (secondary N) is 1. The molecule has 0 bridgehead atoms. The summed E-state index contributed by atoms with van der Waals surface area (Å²) in [6.07, 6.45) is 6.29. The first kappa shape index (κ1) is 8.08. The highest BCUT2D eigenvalue weighted by Gasteiger charge is 2.07. The van der Waals surface area contributed by atoms with Gasteiger partial charge >= 0.3 is 5.97 Å². The van der Waals surface area contributed by atoms with Crippen LogP contribution in [0.5, 0.6) is 0 Å². The van der Waals surface area contributed by atoms with E-state index in [0.29, 0.717) is 5.56 Å². The van der Waals surface area contributed by atoms with Gasteiger partial charge in [0.1, 0.15) is 5.56 Å². The minimum absolute atomic E-state index is 0.340. The van der Waals surface area contributed by atoms with Crippen molar-refractivity contribution in [2.24, 2.45) is 0 Å². The molecule has 0 fully saturated rings. The van der Waals surface area contributed by atoms with E-state index in [0.717, 1.165) is 6.07 Å². The van der Waals surface area contributed by atoms with Gasteiger partial charge in [-0.3, -0.25) is 4.79 Å². The number of carbonyl (C=O) groups is 1. The van der Waals surface area contributed by atoms with Crippen LogP contribution in [0.3, 0.4) is 0 Å². The van der Waals surface area contributed by atoms with Crippen molar-refractivity contribution in [1.29, 1.82) is 0 Å². The second-order valence-electron chi connectivity index (χ2n) is 2.08. The van der Waals surface area contributed by atoms with Crippen molar-refractivity contribution < 1.29 is 9.90 Å². The molecular formula is C8H5NO3. The van der Waals surface area contributed by atoms with Crippen molar-refractivity contribution in [2.45, 2.75) is 0 Å². The number of rotatable bonds is 1. The highest BCUT2D eigenvalue weighted by atomic mass is 16.4. The minimum atomic E-state index is -1.28. The molecule has 0 spiro atoms. The van der Waals surface area contributed by atoms with Crippen molar-refractivity contribution in [3.63, 3.8) is 0 Å². The van der Waals surface area contributed by atoms with Crippen LogP contribution >= 0.6 is 0 Å². The van der Waals surface area contributed by atoms with Crippen LogP contribution in [0.2, 0.25) is 0 Å². The lowest BCUT2D eigenvalue weighted by Gasteiger charge is -1.93. The first-order chi connectivity index (χ1) is 5.65. The first-order valence-electron chi connectivity index (χ1n) is 3.08. The SMILES string of the molecule is C#Cc1c[nH]c(=O)c(C(=O)O)c1. The van der Waals surface area contributed by atoms with Crippen LogP contribution in [-0.4, -0.2) is 16.1 Å². The summed E-state index contributed by atoms with van der Waals surface area (Å²) in [5.41, 5.74) is -0.654. The van der Waals surface area contributed by atoms with E-state index in [-0.39, 0.29) is 5.56 Å². The van der Waals surface area contributed by atoms with Crippen LogP contribution in [0.4, 0.5) is 0 Å². The molecule has 1 aromatic heterocycles. The number of carboxylic acid groups (broad SMARTS) is 1. The molecule has 0 aliphatic heterocycles. The molecule has 0 amide bonds. The van der Waals surface area contributed by atoms with Crippen LogP contribution in [0.1, 0.15) is 15.9 Å². The van der Waals surface area contributed by atoms with E-state index in [9.17, 15) is 9.59 Å². The Hall–Kier alpha value is -2.02. The highest BCUT2D eigenvalue weighted by molar-refractivity contribution is 5.87. The number of aromatic carboxylic acids is 1. The molecule has 1 rings (SSSR count). The molecule has 4 heteroatoms. The third-order valence-corrected chi connectivity index (χ3v) is 1.30. The number of pyridine rings is 1. The van der Waals surface area contributed by atoms with Gasteiger partial charge in [0, 0.05) is 11.8 Å². The molecule has 0 radical (unpaired) electrons. The molecule has 4 nitrogen and oxygen atoms in total. The van der Waals surface area contributed by atoms with Gasteiger partial charge in [-0.25, -0.2) is 4.79 Å². The summed E-state index contributed by atoms with van der Waals surface area (Å²) in [6.45, 7) is 0. The van der Waals surface area contributed by atoms with E-state index >= 15 is 0 Å². The zero-order valence-corrected chi connectivity index (χ0v) is 6.00. The number of hydrogen-bond acceptors (Lipinski definition) is 2. The van der Waals surface area contributed by atoms with E-state index in [4.69, 9.17) is 11.5 Å². The molecule has 2 N–H and O–H groups in total. The summed E-state index contributed by atoms with van der Waals surface area (Å²) < 4.78 is 0. The van der Waals surface area contributed by atoms with Crippen molar-refractivity contribution >= 4 is 5.97 Å². The van der Waals surface area contributed by atoms with Gasteiger partial charge in [-0.15, -0.1) is 6.42 Å². The maximum absolute atomic E-state index is 10.8. The lowest BCUT2D eigenvalue weighted by molar-refractivity contribution is 0.0695. The average Bonchev–Trinajstić information content (AvgIpc) is 2.05. The number of hydrogen-bond donors (Lipinski definition) is 2. The molecule has 0 aliphatic carbocycles. The lowest BCUT2D eigenvalue weighted by atomic mass is 10.2. The van der Waals surface area contributed by atoms with Crippen molar-refractivity contribution in [3.8, 4) is 12.3 Å². The summed E-state index contributed by atoms with van der Waals surface area (Å²) in [6, 6.07) is 1.15. The number of H-pyrrole nitrogens is 1. The summed E-state index contributed by atoms with van der Waals surface area (Å²) in [7, 11) is 0. The summed E-state index contributed by atoms with van der Waals surface area (Å²) in [5, 5.41) is 8.50. The van der Waals surface area contributed by atoms with E-state index in [2.05, 4.69) is 10.9 Å². The molecular weight excluding hydrogens is 158 g/mol.